The van der Waals surface area contributed by atoms with Crippen LogP contribution in [0.2, 0.25) is 0 Å². The van der Waals surface area contributed by atoms with Crippen LogP contribution < -0.4 is 5.32 Å². The first-order valence-electron chi connectivity index (χ1n) is 6.55. The van der Waals surface area contributed by atoms with Gasteiger partial charge < -0.3 is 5.32 Å². The molecule has 16 heavy (non-hydrogen) atoms. The van der Waals surface area contributed by atoms with Gasteiger partial charge >= 0.3 is 0 Å². The summed E-state index contributed by atoms with van der Waals surface area (Å²) in [7, 11) is 0. The van der Waals surface area contributed by atoms with Gasteiger partial charge in [-0.05, 0) is 31.1 Å². The first-order valence-corrected chi connectivity index (χ1v) is 7.67. The minimum atomic E-state index is 0.258. The van der Waals surface area contributed by atoms with Crippen molar-refractivity contribution in [3.8, 4) is 0 Å². The zero-order chi connectivity index (χ0) is 11.8. The highest BCUT2D eigenvalue weighted by molar-refractivity contribution is 9.09. The molecule has 94 valence electrons. The Labute approximate surface area is 108 Å². The van der Waals surface area contributed by atoms with Gasteiger partial charge in [0.1, 0.15) is 0 Å². The maximum absolute atomic E-state index is 11.7. The Kier molecular flexibility index (Phi) is 7.10. The summed E-state index contributed by atoms with van der Waals surface area (Å²) in [6.07, 6.45) is 8.38. The number of amides is 1. The highest BCUT2D eigenvalue weighted by Gasteiger charge is 2.16. The number of rotatable bonds is 6. The summed E-state index contributed by atoms with van der Waals surface area (Å²) in [4.78, 5) is 11.7. The van der Waals surface area contributed by atoms with Gasteiger partial charge in [0.25, 0.3) is 0 Å². The van der Waals surface area contributed by atoms with E-state index in [1.54, 1.807) is 0 Å². The fourth-order valence-electron chi connectivity index (χ4n) is 2.30. The third-order valence-electron chi connectivity index (χ3n) is 3.45. The monoisotopic (exact) mass is 289 g/mol. The van der Waals surface area contributed by atoms with Crippen molar-refractivity contribution in [2.75, 3.05) is 11.9 Å². The van der Waals surface area contributed by atoms with Gasteiger partial charge in [-0.2, -0.15) is 0 Å². The van der Waals surface area contributed by atoms with E-state index in [-0.39, 0.29) is 5.91 Å². The number of carbonyl (C=O) groups is 1. The van der Waals surface area contributed by atoms with Gasteiger partial charge in [-0.3, -0.25) is 4.79 Å². The quantitative estimate of drug-likeness (QED) is 0.745. The van der Waals surface area contributed by atoms with Crippen molar-refractivity contribution in [1.29, 1.82) is 0 Å². The van der Waals surface area contributed by atoms with E-state index in [1.165, 1.54) is 32.1 Å². The van der Waals surface area contributed by atoms with E-state index >= 15 is 0 Å². The number of hydrogen-bond acceptors (Lipinski definition) is 1. The molecule has 1 atom stereocenters. The fourth-order valence-corrected chi connectivity index (χ4v) is 3.08. The van der Waals surface area contributed by atoms with Crippen LogP contribution in [0.3, 0.4) is 0 Å². The minimum absolute atomic E-state index is 0.258. The molecular formula is C13H24BrNO. The second-order valence-corrected chi connectivity index (χ2v) is 5.89. The molecule has 0 radical (unpaired) electrons. The Morgan fingerprint density at radius 3 is 2.69 bits per heavy atom. The third-order valence-corrected chi connectivity index (χ3v) is 3.91. The lowest BCUT2D eigenvalue weighted by molar-refractivity contribution is -0.122. The molecule has 1 aliphatic rings. The summed E-state index contributed by atoms with van der Waals surface area (Å²) in [5.41, 5.74) is 0. The van der Waals surface area contributed by atoms with E-state index in [0.717, 1.165) is 24.7 Å². The molecule has 0 aromatic heterocycles. The smallest absolute Gasteiger partial charge is 0.220 e. The van der Waals surface area contributed by atoms with Crippen LogP contribution in [-0.2, 0) is 4.79 Å². The topological polar surface area (TPSA) is 29.1 Å². The van der Waals surface area contributed by atoms with E-state index in [2.05, 4.69) is 28.2 Å². The third kappa shape index (κ3) is 5.88. The molecule has 2 nitrogen and oxygen atoms in total. The Morgan fingerprint density at radius 2 is 2.06 bits per heavy atom. The lowest BCUT2D eigenvalue weighted by atomic mass is 9.87. The van der Waals surface area contributed by atoms with Crippen LogP contribution in [0.5, 0.6) is 0 Å². The molecule has 1 aliphatic carbocycles. The number of halogens is 1. The van der Waals surface area contributed by atoms with Crippen molar-refractivity contribution in [2.24, 2.45) is 11.8 Å². The summed E-state index contributed by atoms with van der Waals surface area (Å²) in [6.45, 7) is 3.01. The molecule has 1 rings (SSSR count). The van der Waals surface area contributed by atoms with Crippen LogP contribution in [-0.4, -0.2) is 17.8 Å². The van der Waals surface area contributed by atoms with Crippen molar-refractivity contribution in [1.82, 2.24) is 5.32 Å². The van der Waals surface area contributed by atoms with Crippen molar-refractivity contribution < 1.29 is 4.79 Å². The zero-order valence-corrected chi connectivity index (χ0v) is 11.9. The van der Waals surface area contributed by atoms with Crippen LogP contribution in [0.4, 0.5) is 0 Å². The lowest BCUT2D eigenvalue weighted by Crippen LogP contribution is -2.30. The van der Waals surface area contributed by atoms with E-state index in [4.69, 9.17) is 0 Å². The van der Waals surface area contributed by atoms with Crippen molar-refractivity contribution >= 4 is 21.8 Å². The Balaban J connectivity index is 2.10. The summed E-state index contributed by atoms with van der Waals surface area (Å²) >= 11 is 3.42. The van der Waals surface area contributed by atoms with Crippen LogP contribution in [0, 0.1) is 11.8 Å². The molecule has 0 aromatic carbocycles. The highest BCUT2D eigenvalue weighted by atomic mass is 79.9. The molecule has 1 saturated carbocycles. The van der Waals surface area contributed by atoms with Crippen LogP contribution in [0.25, 0.3) is 0 Å². The Hall–Kier alpha value is -0.0500. The van der Waals surface area contributed by atoms with Gasteiger partial charge in [0, 0.05) is 18.3 Å². The minimum Gasteiger partial charge on any atom is -0.356 e. The molecular weight excluding hydrogens is 266 g/mol. The molecule has 1 unspecified atom stereocenters. The largest absolute Gasteiger partial charge is 0.356 e. The molecule has 3 heteroatoms. The van der Waals surface area contributed by atoms with Gasteiger partial charge in [0.15, 0.2) is 0 Å². The van der Waals surface area contributed by atoms with Gasteiger partial charge in [0.05, 0.1) is 0 Å². The maximum Gasteiger partial charge on any atom is 0.220 e. The standard InChI is InChI=1S/C13H24BrNO/c1-11(7-8-14)10-15-13(16)9-12-5-3-2-4-6-12/h11-12H,2-10H2,1H3,(H,15,16). The average molecular weight is 290 g/mol. The predicted octanol–water partition coefficient (Wildman–Crippen LogP) is 3.49. The van der Waals surface area contributed by atoms with Crippen LogP contribution in [0.15, 0.2) is 0 Å². The number of alkyl halides is 1. The average Bonchev–Trinajstić information content (AvgIpc) is 2.28. The molecule has 1 amide bonds. The van der Waals surface area contributed by atoms with Crippen LogP contribution in [0.1, 0.15) is 51.9 Å². The van der Waals surface area contributed by atoms with E-state index in [0.29, 0.717) is 11.8 Å². The van der Waals surface area contributed by atoms with Crippen molar-refractivity contribution in [3.63, 3.8) is 0 Å². The first-order chi connectivity index (χ1) is 7.72. The molecule has 0 heterocycles. The second-order valence-electron chi connectivity index (χ2n) is 5.10. The Bertz CT molecular complexity index is 202. The predicted molar refractivity (Wildman–Crippen MR) is 71.8 cm³/mol. The zero-order valence-electron chi connectivity index (χ0n) is 10.3. The molecule has 0 saturated heterocycles. The van der Waals surface area contributed by atoms with Crippen molar-refractivity contribution in [3.05, 3.63) is 0 Å². The normalized spacial score (nSPS) is 19.4. The number of carbonyl (C=O) groups excluding carboxylic acids is 1. The lowest BCUT2D eigenvalue weighted by Gasteiger charge is -2.21. The van der Waals surface area contributed by atoms with Crippen molar-refractivity contribution in [2.45, 2.75) is 51.9 Å². The summed E-state index contributed by atoms with van der Waals surface area (Å²) in [6, 6.07) is 0. The summed E-state index contributed by atoms with van der Waals surface area (Å²) < 4.78 is 0. The maximum atomic E-state index is 11.7. The first kappa shape index (κ1) is 14.0. The molecule has 1 fully saturated rings. The Morgan fingerprint density at radius 1 is 1.38 bits per heavy atom. The van der Waals surface area contributed by atoms with E-state index in [9.17, 15) is 4.79 Å². The van der Waals surface area contributed by atoms with Gasteiger partial charge in [-0.15, -0.1) is 0 Å². The highest BCUT2D eigenvalue weighted by Crippen LogP contribution is 2.26. The van der Waals surface area contributed by atoms with Crippen LogP contribution >= 0.6 is 15.9 Å². The molecule has 0 spiro atoms. The van der Waals surface area contributed by atoms with Gasteiger partial charge in [-0.25, -0.2) is 0 Å². The molecule has 1 N–H and O–H groups in total. The number of hydrogen-bond donors (Lipinski definition) is 1. The molecule has 0 aliphatic heterocycles. The van der Waals surface area contributed by atoms with Gasteiger partial charge in [0.2, 0.25) is 5.91 Å². The molecule has 0 bridgehead atoms. The van der Waals surface area contributed by atoms with Gasteiger partial charge in [-0.1, -0.05) is 42.1 Å². The van der Waals surface area contributed by atoms with E-state index in [1.807, 2.05) is 0 Å². The summed E-state index contributed by atoms with van der Waals surface area (Å²) in [5.74, 6) is 1.49. The SMILES string of the molecule is CC(CCBr)CNC(=O)CC1CCCCC1. The second kappa shape index (κ2) is 8.10. The number of nitrogens with one attached hydrogen (secondary N) is 1. The summed E-state index contributed by atoms with van der Waals surface area (Å²) in [5, 5.41) is 4.08. The van der Waals surface area contributed by atoms with E-state index < -0.39 is 0 Å². The fraction of sp³-hybridized carbons (Fsp3) is 0.923. The molecule has 0 aromatic rings.